The van der Waals surface area contributed by atoms with E-state index >= 15 is 0 Å². The highest BCUT2D eigenvalue weighted by Crippen LogP contribution is 2.39. The van der Waals surface area contributed by atoms with Crippen molar-refractivity contribution < 1.29 is 4.52 Å². The highest BCUT2D eigenvalue weighted by atomic mass is 16.5. The molecule has 4 heteroatoms. The summed E-state index contributed by atoms with van der Waals surface area (Å²) < 4.78 is 5.53. The first-order valence-corrected chi connectivity index (χ1v) is 9.27. The lowest BCUT2D eigenvalue weighted by molar-refractivity contribution is 0.417. The first-order chi connectivity index (χ1) is 13.2. The summed E-state index contributed by atoms with van der Waals surface area (Å²) in [5.41, 5.74) is 11.5. The summed E-state index contributed by atoms with van der Waals surface area (Å²) in [5.74, 6) is 0.447. The van der Waals surface area contributed by atoms with Gasteiger partial charge in [0.15, 0.2) is 5.58 Å². The quantitative estimate of drug-likeness (QED) is 0.524. The minimum absolute atomic E-state index is 0.102. The third kappa shape index (κ3) is 3.24. The third-order valence-electron chi connectivity index (χ3n) is 5.09. The lowest BCUT2D eigenvalue weighted by Crippen LogP contribution is -2.25. The second kappa shape index (κ2) is 7.33. The maximum Gasteiger partial charge on any atom is 0.167 e. The van der Waals surface area contributed by atoms with Gasteiger partial charge in [0.1, 0.15) is 5.69 Å². The van der Waals surface area contributed by atoms with Crippen LogP contribution in [0.1, 0.15) is 37.1 Å². The zero-order chi connectivity index (χ0) is 18.8. The van der Waals surface area contributed by atoms with Crippen molar-refractivity contribution in [3.8, 4) is 11.3 Å². The first-order valence-electron chi connectivity index (χ1n) is 9.27. The van der Waals surface area contributed by atoms with E-state index in [9.17, 15) is 0 Å². The second-order valence-electron chi connectivity index (χ2n) is 7.16. The normalized spacial score (nSPS) is 13.8. The van der Waals surface area contributed by atoms with Crippen LogP contribution in [-0.4, -0.2) is 10.1 Å². The number of rotatable bonds is 5. The van der Waals surface area contributed by atoms with Crippen LogP contribution in [0, 0.1) is 5.92 Å². The molecule has 0 aliphatic rings. The van der Waals surface area contributed by atoms with Gasteiger partial charge in [0.2, 0.25) is 0 Å². The molecule has 0 bridgehead atoms. The average molecular weight is 357 g/mol. The summed E-state index contributed by atoms with van der Waals surface area (Å²) in [5, 5.41) is 5.34. The van der Waals surface area contributed by atoms with Crippen molar-refractivity contribution in [2.45, 2.75) is 25.8 Å². The summed E-state index contributed by atoms with van der Waals surface area (Å²) in [4.78, 5) is 4.58. The summed E-state index contributed by atoms with van der Waals surface area (Å²) in [6.07, 6.45) is 1.83. The molecule has 0 saturated carbocycles. The Balaban J connectivity index is 1.83. The molecule has 2 heterocycles. The van der Waals surface area contributed by atoms with Crippen LogP contribution in [0.2, 0.25) is 0 Å². The van der Waals surface area contributed by atoms with Crippen LogP contribution < -0.4 is 5.73 Å². The molecule has 2 aromatic heterocycles. The Bertz CT molecular complexity index is 1040. The number of fused-ring (bicyclic) bond motifs is 1. The summed E-state index contributed by atoms with van der Waals surface area (Å²) in [6.45, 7) is 4.38. The van der Waals surface area contributed by atoms with Gasteiger partial charge in [-0.1, -0.05) is 61.5 Å². The molecule has 0 saturated heterocycles. The van der Waals surface area contributed by atoms with Gasteiger partial charge in [0.25, 0.3) is 0 Å². The Morgan fingerprint density at radius 2 is 1.63 bits per heavy atom. The zero-order valence-corrected chi connectivity index (χ0v) is 15.5. The molecule has 27 heavy (non-hydrogen) atoms. The second-order valence-corrected chi connectivity index (χ2v) is 7.16. The summed E-state index contributed by atoms with van der Waals surface area (Å²) in [6, 6.07) is 21.9. The molecule has 4 nitrogen and oxygen atoms in total. The Morgan fingerprint density at radius 1 is 0.889 bits per heavy atom. The van der Waals surface area contributed by atoms with Crippen LogP contribution in [0.3, 0.4) is 0 Å². The zero-order valence-electron chi connectivity index (χ0n) is 15.5. The molecule has 1 unspecified atom stereocenters. The topological polar surface area (TPSA) is 64.9 Å². The van der Waals surface area contributed by atoms with Gasteiger partial charge in [0.05, 0.1) is 0 Å². The number of para-hydroxylation sites is 1. The highest BCUT2D eigenvalue weighted by Gasteiger charge is 2.28. The van der Waals surface area contributed by atoms with Gasteiger partial charge in [-0.2, -0.15) is 0 Å². The van der Waals surface area contributed by atoms with Gasteiger partial charge in [-0.25, -0.2) is 0 Å². The van der Waals surface area contributed by atoms with Gasteiger partial charge in [-0.05, 0) is 35.7 Å². The molecule has 0 aliphatic carbocycles. The number of hydrogen-bond acceptors (Lipinski definition) is 4. The van der Waals surface area contributed by atoms with E-state index in [1.54, 1.807) is 0 Å². The fourth-order valence-electron chi connectivity index (χ4n) is 3.79. The molecule has 2 atom stereocenters. The largest absolute Gasteiger partial charge is 0.356 e. The molecular formula is C23H23N3O. The Hall–Kier alpha value is -2.98. The minimum atomic E-state index is -0.202. The van der Waals surface area contributed by atoms with Gasteiger partial charge in [-0.15, -0.1) is 0 Å². The van der Waals surface area contributed by atoms with Crippen LogP contribution in [0.5, 0.6) is 0 Å². The van der Waals surface area contributed by atoms with E-state index < -0.39 is 0 Å². The molecular weight excluding hydrogens is 334 g/mol. The van der Waals surface area contributed by atoms with Crippen LogP contribution in [0.15, 0.2) is 77.4 Å². The van der Waals surface area contributed by atoms with Crippen molar-refractivity contribution in [3.63, 3.8) is 0 Å². The molecule has 2 N–H and O–H groups in total. The van der Waals surface area contributed by atoms with E-state index in [1.165, 1.54) is 0 Å². The van der Waals surface area contributed by atoms with E-state index in [2.05, 4.69) is 42.2 Å². The number of benzene rings is 2. The van der Waals surface area contributed by atoms with Crippen molar-refractivity contribution in [3.05, 3.63) is 84.2 Å². The summed E-state index contributed by atoms with van der Waals surface area (Å²) >= 11 is 0. The fraction of sp³-hybridized carbons (Fsp3) is 0.217. The van der Waals surface area contributed by atoms with Crippen LogP contribution in [0.4, 0.5) is 0 Å². The third-order valence-corrected chi connectivity index (χ3v) is 5.09. The molecule has 0 radical (unpaired) electrons. The Kier molecular flexibility index (Phi) is 4.73. The molecule has 136 valence electrons. The smallest absolute Gasteiger partial charge is 0.167 e. The average Bonchev–Trinajstić information content (AvgIpc) is 3.12. The molecule has 0 fully saturated rings. The van der Waals surface area contributed by atoms with Gasteiger partial charge < -0.3 is 10.3 Å². The molecule has 0 spiro atoms. The number of nitrogens with two attached hydrogens (primary N) is 1. The SMILES string of the molecule is CC(C)C(c1ccccn1)[C@H](N)c1ccccc1-c1noc2ccccc12. The number of aromatic nitrogens is 2. The van der Waals surface area contributed by atoms with Crippen molar-refractivity contribution in [2.75, 3.05) is 0 Å². The van der Waals surface area contributed by atoms with Gasteiger partial charge in [-0.3, -0.25) is 4.98 Å². The molecule has 0 amide bonds. The van der Waals surface area contributed by atoms with E-state index in [4.69, 9.17) is 10.3 Å². The van der Waals surface area contributed by atoms with E-state index in [-0.39, 0.29) is 12.0 Å². The molecule has 4 aromatic rings. The van der Waals surface area contributed by atoms with Gasteiger partial charge >= 0.3 is 0 Å². The Labute approximate surface area is 159 Å². The lowest BCUT2D eigenvalue weighted by atomic mass is 9.80. The Morgan fingerprint density at radius 3 is 2.41 bits per heavy atom. The number of nitrogens with zero attached hydrogens (tertiary/aromatic N) is 2. The maximum atomic E-state index is 6.82. The fourth-order valence-corrected chi connectivity index (χ4v) is 3.79. The van der Waals surface area contributed by atoms with Crippen LogP contribution in [-0.2, 0) is 0 Å². The van der Waals surface area contributed by atoms with Crippen molar-refractivity contribution in [1.82, 2.24) is 10.1 Å². The van der Waals surface area contributed by atoms with Crippen molar-refractivity contribution in [1.29, 1.82) is 0 Å². The summed E-state index contributed by atoms with van der Waals surface area (Å²) in [7, 11) is 0. The van der Waals surface area contributed by atoms with Crippen LogP contribution >= 0.6 is 0 Å². The minimum Gasteiger partial charge on any atom is -0.356 e. The number of hydrogen-bond donors (Lipinski definition) is 1. The van der Waals surface area contributed by atoms with Gasteiger partial charge in [0, 0.05) is 34.8 Å². The predicted molar refractivity (Wildman–Crippen MR) is 108 cm³/mol. The molecule has 2 aromatic carbocycles. The predicted octanol–water partition coefficient (Wildman–Crippen LogP) is 5.33. The lowest BCUT2D eigenvalue weighted by Gasteiger charge is -2.28. The van der Waals surface area contributed by atoms with Crippen molar-refractivity contribution in [2.24, 2.45) is 11.7 Å². The van der Waals surface area contributed by atoms with E-state index in [0.717, 1.165) is 33.5 Å². The number of pyridine rings is 1. The molecule has 0 aliphatic heterocycles. The monoisotopic (exact) mass is 357 g/mol. The maximum absolute atomic E-state index is 6.82. The standard InChI is InChI=1S/C23H23N3O/c1-15(2)21(19-12-7-8-14-25-19)22(24)16-9-3-4-10-17(16)23-18-11-5-6-13-20(18)27-26-23/h3-15,21-22H,24H2,1-2H3/t21?,22-/m1/s1. The molecule has 4 rings (SSSR count). The van der Waals surface area contributed by atoms with E-state index in [1.807, 2.05) is 54.7 Å². The van der Waals surface area contributed by atoms with E-state index in [0.29, 0.717) is 5.92 Å². The highest BCUT2D eigenvalue weighted by molar-refractivity contribution is 5.92. The van der Waals surface area contributed by atoms with Crippen LogP contribution in [0.25, 0.3) is 22.2 Å². The van der Waals surface area contributed by atoms with Crippen molar-refractivity contribution >= 4 is 11.0 Å². The first kappa shape index (κ1) is 17.4.